The number of amides is 4. The number of para-hydroxylation sites is 1. The van der Waals surface area contributed by atoms with Gasteiger partial charge in [0.25, 0.3) is 5.91 Å². The van der Waals surface area contributed by atoms with Gasteiger partial charge in [-0.3, -0.25) is 19.4 Å². The molecule has 7 rings (SSSR count). The number of nitrogens with zero attached hydrogens (tertiary/aromatic N) is 4. The molecule has 3 heterocycles. The van der Waals surface area contributed by atoms with E-state index in [0.717, 1.165) is 30.6 Å². The molecule has 3 aliphatic heterocycles. The number of benzodiazepines with no additional fused rings is 1. The van der Waals surface area contributed by atoms with Gasteiger partial charge in [0, 0.05) is 30.3 Å². The van der Waals surface area contributed by atoms with Crippen molar-refractivity contribution in [3.05, 3.63) is 89.7 Å². The summed E-state index contributed by atoms with van der Waals surface area (Å²) in [5.74, 6) is -0.705. The zero-order valence-corrected chi connectivity index (χ0v) is 23.0. The monoisotopic (exact) mass is 569 g/mol. The predicted molar refractivity (Wildman–Crippen MR) is 157 cm³/mol. The molecule has 3 aromatic rings. The number of hydrogen-bond donors (Lipinski definition) is 2. The molecule has 1 saturated carbocycles. The standard InChI is InChI=1S/C32H32FN5O4/c33-26-10-3-1-8-24(26)29-25-9-2-4-11-27(25)37(19-28(40)36-17-20-12-13-21(18-36)15-14-20)31(41)30(35-29)38(32(34)42)22-6-5-7-23(39)16-22/h1-11,16,20-21,30,39H,12-15,17-19H2,(H2,34,42)/t20?,21?,30-/m1/s1. The summed E-state index contributed by atoms with van der Waals surface area (Å²) in [6, 6.07) is 17.6. The van der Waals surface area contributed by atoms with Crippen molar-refractivity contribution in [1.82, 2.24) is 4.90 Å². The van der Waals surface area contributed by atoms with E-state index >= 15 is 4.39 Å². The second-order valence-corrected chi connectivity index (χ2v) is 11.2. The molecule has 0 spiro atoms. The van der Waals surface area contributed by atoms with E-state index in [1.807, 2.05) is 4.90 Å². The molecule has 4 aliphatic rings. The summed E-state index contributed by atoms with van der Waals surface area (Å²) < 4.78 is 15.2. The number of aromatic hydroxyl groups is 1. The number of aliphatic imine (C=N–C) groups is 1. The lowest BCUT2D eigenvalue weighted by atomic mass is 9.84. The van der Waals surface area contributed by atoms with Crippen LogP contribution in [0.15, 0.2) is 77.8 Å². The van der Waals surface area contributed by atoms with Crippen molar-refractivity contribution in [2.45, 2.75) is 31.8 Å². The van der Waals surface area contributed by atoms with E-state index in [1.54, 1.807) is 42.5 Å². The SMILES string of the molecule is NC(=O)N(c1cccc(O)c1)[C@H]1N=C(c2ccccc2F)c2ccccc2N(CC(=O)N2CC3CCC(CC3)C2)C1=O. The van der Waals surface area contributed by atoms with Crippen molar-refractivity contribution in [2.75, 3.05) is 29.4 Å². The molecule has 4 amide bonds. The number of anilines is 2. The minimum absolute atomic E-state index is 0.124. The fourth-order valence-electron chi connectivity index (χ4n) is 6.38. The lowest BCUT2D eigenvalue weighted by Crippen LogP contribution is -2.54. The molecule has 3 fully saturated rings. The minimum atomic E-state index is -1.58. The predicted octanol–water partition coefficient (Wildman–Crippen LogP) is 4.28. The number of carbonyl (C=O) groups is 3. The van der Waals surface area contributed by atoms with Crippen LogP contribution < -0.4 is 15.5 Å². The van der Waals surface area contributed by atoms with E-state index < -0.39 is 23.9 Å². The number of primary amides is 1. The molecule has 1 atom stereocenters. The Bertz CT molecular complexity index is 1550. The summed E-state index contributed by atoms with van der Waals surface area (Å²) in [7, 11) is 0. The fourth-order valence-corrected chi connectivity index (χ4v) is 6.38. The lowest BCUT2D eigenvalue weighted by molar-refractivity contribution is -0.132. The Morgan fingerprint density at radius 1 is 0.929 bits per heavy atom. The summed E-state index contributed by atoms with van der Waals surface area (Å²) in [4.78, 5) is 50.0. The van der Waals surface area contributed by atoms with E-state index in [9.17, 15) is 19.5 Å². The highest BCUT2D eigenvalue weighted by molar-refractivity contribution is 6.22. The zero-order chi connectivity index (χ0) is 29.4. The highest BCUT2D eigenvalue weighted by Crippen LogP contribution is 2.35. The molecule has 3 aromatic carbocycles. The number of urea groups is 1. The van der Waals surface area contributed by atoms with Crippen LogP contribution in [0.4, 0.5) is 20.6 Å². The Balaban J connectivity index is 1.48. The summed E-state index contributed by atoms with van der Waals surface area (Å²) in [6.45, 7) is 1.02. The number of phenols is 1. The number of rotatable bonds is 5. The van der Waals surface area contributed by atoms with Crippen LogP contribution in [-0.2, 0) is 9.59 Å². The molecule has 0 aromatic heterocycles. The molecule has 9 nitrogen and oxygen atoms in total. The van der Waals surface area contributed by atoms with Crippen LogP contribution in [-0.4, -0.2) is 59.4 Å². The Hall–Kier alpha value is -4.73. The van der Waals surface area contributed by atoms with Gasteiger partial charge in [0.15, 0.2) is 0 Å². The van der Waals surface area contributed by atoms with Crippen LogP contribution in [0.5, 0.6) is 5.75 Å². The molecule has 2 bridgehead atoms. The van der Waals surface area contributed by atoms with Gasteiger partial charge in [0.05, 0.1) is 17.1 Å². The van der Waals surface area contributed by atoms with Crippen molar-refractivity contribution in [3.8, 4) is 5.75 Å². The van der Waals surface area contributed by atoms with Gasteiger partial charge in [0.2, 0.25) is 12.1 Å². The number of nitrogens with two attached hydrogens (primary N) is 1. The first-order valence-corrected chi connectivity index (χ1v) is 14.2. The van der Waals surface area contributed by atoms with Gasteiger partial charge < -0.3 is 15.7 Å². The number of benzene rings is 3. The van der Waals surface area contributed by atoms with Crippen molar-refractivity contribution in [1.29, 1.82) is 0 Å². The Morgan fingerprint density at radius 2 is 1.57 bits per heavy atom. The molecular formula is C32H32FN5O4. The third-order valence-corrected chi connectivity index (χ3v) is 8.48. The van der Waals surface area contributed by atoms with Gasteiger partial charge >= 0.3 is 6.03 Å². The van der Waals surface area contributed by atoms with Crippen molar-refractivity contribution < 1.29 is 23.9 Å². The van der Waals surface area contributed by atoms with Crippen LogP contribution in [0, 0.1) is 17.7 Å². The van der Waals surface area contributed by atoms with E-state index in [0.29, 0.717) is 36.2 Å². The number of hydrogen-bond acceptors (Lipinski definition) is 5. The van der Waals surface area contributed by atoms with E-state index in [-0.39, 0.29) is 35.2 Å². The van der Waals surface area contributed by atoms with Gasteiger partial charge in [0.1, 0.15) is 18.1 Å². The normalized spacial score (nSPS) is 21.7. The number of phenolic OH excluding ortho intramolecular Hbond substituents is 1. The van der Waals surface area contributed by atoms with Gasteiger partial charge in [-0.15, -0.1) is 0 Å². The van der Waals surface area contributed by atoms with Gasteiger partial charge in [-0.2, -0.15) is 0 Å². The van der Waals surface area contributed by atoms with Crippen LogP contribution in [0.2, 0.25) is 0 Å². The summed E-state index contributed by atoms with van der Waals surface area (Å²) in [5.41, 5.74) is 7.01. The van der Waals surface area contributed by atoms with Crippen LogP contribution >= 0.6 is 0 Å². The molecule has 1 aliphatic carbocycles. The molecule has 216 valence electrons. The summed E-state index contributed by atoms with van der Waals surface area (Å²) in [5, 5.41) is 10.1. The highest BCUT2D eigenvalue weighted by Gasteiger charge is 2.40. The topological polar surface area (TPSA) is 120 Å². The fraction of sp³-hybridized carbons (Fsp3) is 0.312. The molecule has 3 N–H and O–H groups in total. The quantitative estimate of drug-likeness (QED) is 0.477. The van der Waals surface area contributed by atoms with Gasteiger partial charge in [-0.1, -0.05) is 36.4 Å². The summed E-state index contributed by atoms with van der Waals surface area (Å²) in [6.07, 6.45) is 2.80. The first kappa shape index (κ1) is 27.4. The highest BCUT2D eigenvalue weighted by atomic mass is 19.1. The molecule has 0 unspecified atom stereocenters. The maximum absolute atomic E-state index is 15.2. The second-order valence-electron chi connectivity index (χ2n) is 11.2. The third kappa shape index (κ3) is 5.20. The maximum atomic E-state index is 15.2. The number of halogens is 1. The van der Waals surface area contributed by atoms with Gasteiger partial charge in [-0.05, 0) is 67.9 Å². The Kier molecular flexibility index (Phi) is 7.36. The van der Waals surface area contributed by atoms with Gasteiger partial charge in [-0.25, -0.2) is 14.2 Å². The first-order valence-electron chi connectivity index (χ1n) is 14.2. The maximum Gasteiger partial charge on any atom is 0.321 e. The van der Waals surface area contributed by atoms with E-state index in [2.05, 4.69) is 4.99 Å². The van der Waals surface area contributed by atoms with E-state index in [4.69, 9.17) is 5.73 Å². The second kappa shape index (κ2) is 11.3. The smallest absolute Gasteiger partial charge is 0.321 e. The average Bonchev–Trinajstić information content (AvgIpc) is 3.37. The van der Waals surface area contributed by atoms with Crippen LogP contribution in [0.3, 0.4) is 0 Å². The summed E-state index contributed by atoms with van der Waals surface area (Å²) >= 11 is 0. The van der Waals surface area contributed by atoms with Crippen LogP contribution in [0.1, 0.15) is 36.8 Å². The minimum Gasteiger partial charge on any atom is -0.508 e. The zero-order valence-electron chi connectivity index (χ0n) is 23.0. The third-order valence-electron chi connectivity index (χ3n) is 8.48. The first-order chi connectivity index (χ1) is 20.3. The number of carbonyl (C=O) groups excluding carboxylic acids is 3. The average molecular weight is 570 g/mol. The molecule has 42 heavy (non-hydrogen) atoms. The van der Waals surface area contributed by atoms with E-state index in [1.165, 1.54) is 35.2 Å². The number of fused-ring (bicyclic) bond motifs is 5. The molecule has 10 heteroatoms. The molecule has 2 saturated heterocycles. The van der Waals surface area contributed by atoms with Crippen molar-refractivity contribution in [2.24, 2.45) is 22.6 Å². The Morgan fingerprint density at radius 3 is 2.21 bits per heavy atom. The Labute approximate surface area is 243 Å². The lowest BCUT2D eigenvalue weighted by Gasteiger charge is -2.32. The molecule has 0 radical (unpaired) electrons. The molecular weight excluding hydrogens is 537 g/mol. The largest absolute Gasteiger partial charge is 0.508 e. The van der Waals surface area contributed by atoms with Crippen molar-refractivity contribution in [3.63, 3.8) is 0 Å². The van der Waals surface area contributed by atoms with Crippen LogP contribution in [0.25, 0.3) is 0 Å². The van der Waals surface area contributed by atoms with Crippen molar-refractivity contribution >= 4 is 34.9 Å².